The monoisotopic (exact) mass is 436 g/mol. The first-order chi connectivity index (χ1) is 15.3. The van der Waals surface area contributed by atoms with E-state index >= 15 is 0 Å². The minimum Gasteiger partial charge on any atom is -0.507 e. The van der Waals surface area contributed by atoms with E-state index in [-0.39, 0.29) is 23.4 Å². The highest BCUT2D eigenvalue weighted by Gasteiger charge is 2.46. The highest BCUT2D eigenvalue weighted by Crippen LogP contribution is 2.40. The van der Waals surface area contributed by atoms with E-state index in [2.05, 4.69) is 0 Å². The van der Waals surface area contributed by atoms with Gasteiger partial charge in [-0.25, -0.2) is 4.39 Å². The smallest absolute Gasteiger partial charge is 0.296 e. The maximum absolute atomic E-state index is 14.1. The Labute approximate surface area is 181 Å². The van der Waals surface area contributed by atoms with Crippen LogP contribution in [0.15, 0.2) is 70.9 Å². The van der Waals surface area contributed by atoms with Crippen LogP contribution in [-0.4, -0.2) is 26.6 Å². The second-order valence-electron chi connectivity index (χ2n) is 7.32. The number of amides is 1. The second kappa shape index (κ2) is 8.10. The molecular weight excluding hydrogens is 419 g/mol. The number of furan rings is 1. The Bertz CT molecular complexity index is 1250. The molecule has 1 N–H and O–H groups in total. The van der Waals surface area contributed by atoms with Crippen molar-refractivity contribution in [3.8, 4) is 0 Å². The molecule has 0 spiro atoms. The highest BCUT2D eigenvalue weighted by atomic mass is 19.1. The lowest BCUT2D eigenvalue weighted by atomic mass is 9.94. The number of likely N-dealkylation sites (tertiary alicyclic amines) is 1. The van der Waals surface area contributed by atoms with Gasteiger partial charge < -0.3 is 14.4 Å². The van der Waals surface area contributed by atoms with E-state index in [0.29, 0.717) is 16.9 Å². The first-order valence-electron chi connectivity index (χ1n) is 9.59. The van der Waals surface area contributed by atoms with Crippen LogP contribution in [0.4, 0.5) is 10.1 Å². The number of aliphatic hydroxyl groups excluding tert-OH is 1. The molecule has 1 atom stereocenters. The maximum Gasteiger partial charge on any atom is 0.296 e. The SMILES string of the molecule is Cc1ccc(C(O)=C2C(=O)C(=O)N(Cc3ccco3)[C@H]2c2ccc([N+](=O)[O-])cc2)cc1F. The lowest BCUT2D eigenvalue weighted by Crippen LogP contribution is -2.29. The number of nitrogens with zero attached hydrogens (tertiary/aromatic N) is 2. The van der Waals surface area contributed by atoms with E-state index in [1.54, 1.807) is 19.1 Å². The van der Waals surface area contributed by atoms with Crippen LogP contribution >= 0.6 is 0 Å². The quantitative estimate of drug-likeness (QED) is 0.210. The summed E-state index contributed by atoms with van der Waals surface area (Å²) >= 11 is 0. The van der Waals surface area contributed by atoms with Gasteiger partial charge in [0.15, 0.2) is 0 Å². The number of carbonyl (C=O) groups excluding carboxylic acids is 2. The molecule has 0 bridgehead atoms. The molecule has 8 nitrogen and oxygen atoms in total. The fourth-order valence-corrected chi connectivity index (χ4v) is 3.63. The van der Waals surface area contributed by atoms with Crippen molar-refractivity contribution < 1.29 is 28.4 Å². The number of rotatable bonds is 5. The number of non-ortho nitro benzene ring substituents is 1. The number of ketones is 1. The highest BCUT2D eigenvalue weighted by molar-refractivity contribution is 6.46. The minimum absolute atomic E-state index is 0.0380. The van der Waals surface area contributed by atoms with Gasteiger partial charge in [0.25, 0.3) is 17.4 Å². The van der Waals surface area contributed by atoms with Crippen molar-refractivity contribution in [2.75, 3.05) is 0 Å². The third kappa shape index (κ3) is 3.64. The predicted octanol–water partition coefficient (Wildman–Crippen LogP) is 4.26. The number of benzene rings is 2. The molecule has 4 rings (SSSR count). The molecule has 1 saturated heterocycles. The van der Waals surface area contributed by atoms with E-state index in [4.69, 9.17) is 4.42 Å². The Kier molecular flexibility index (Phi) is 5.31. The molecule has 1 aromatic heterocycles. The van der Waals surface area contributed by atoms with Gasteiger partial charge in [-0.15, -0.1) is 0 Å². The Morgan fingerprint density at radius 2 is 1.91 bits per heavy atom. The lowest BCUT2D eigenvalue weighted by molar-refractivity contribution is -0.384. The molecule has 1 aliphatic heterocycles. The van der Waals surface area contributed by atoms with Crippen LogP contribution in [0.3, 0.4) is 0 Å². The van der Waals surface area contributed by atoms with Crippen molar-refractivity contribution in [2.45, 2.75) is 19.5 Å². The van der Waals surface area contributed by atoms with Gasteiger partial charge in [-0.3, -0.25) is 19.7 Å². The molecule has 0 radical (unpaired) electrons. The molecule has 1 amide bonds. The number of Topliss-reactive ketones (excluding diaryl/α,β-unsaturated/α-hetero) is 1. The zero-order valence-electron chi connectivity index (χ0n) is 16.8. The number of nitro groups is 1. The average Bonchev–Trinajstić information content (AvgIpc) is 3.37. The average molecular weight is 436 g/mol. The Morgan fingerprint density at radius 1 is 1.19 bits per heavy atom. The molecule has 0 aliphatic carbocycles. The Hall–Kier alpha value is -4.27. The van der Waals surface area contributed by atoms with Crippen molar-refractivity contribution in [1.82, 2.24) is 4.90 Å². The standard InChI is InChI=1S/C23H17FN2O6/c1-13-4-5-15(11-18(13)24)21(27)19-20(14-6-8-16(9-7-14)26(30)31)25(23(29)22(19)28)12-17-3-2-10-32-17/h2-11,20,27H,12H2,1H3/t20-/m0/s1. The fraction of sp³-hybridized carbons (Fsp3) is 0.130. The van der Waals surface area contributed by atoms with Crippen LogP contribution in [0.2, 0.25) is 0 Å². The molecular formula is C23H17FN2O6. The van der Waals surface area contributed by atoms with E-state index in [1.807, 2.05) is 0 Å². The van der Waals surface area contributed by atoms with Crippen LogP contribution in [0.1, 0.15) is 28.5 Å². The van der Waals surface area contributed by atoms with Crippen molar-refractivity contribution >= 4 is 23.1 Å². The summed E-state index contributed by atoms with van der Waals surface area (Å²) in [7, 11) is 0. The molecule has 1 aliphatic rings. The molecule has 0 saturated carbocycles. The Balaban J connectivity index is 1.87. The topological polar surface area (TPSA) is 114 Å². The van der Waals surface area contributed by atoms with Crippen molar-refractivity contribution in [3.05, 3.63) is 105 Å². The van der Waals surface area contributed by atoms with Crippen molar-refractivity contribution in [1.29, 1.82) is 0 Å². The van der Waals surface area contributed by atoms with E-state index in [0.717, 1.165) is 6.07 Å². The van der Waals surface area contributed by atoms with Gasteiger partial charge in [0, 0.05) is 17.7 Å². The van der Waals surface area contributed by atoms with Crippen LogP contribution in [0, 0.1) is 22.9 Å². The molecule has 32 heavy (non-hydrogen) atoms. The molecule has 2 aromatic carbocycles. The van der Waals surface area contributed by atoms with E-state index < -0.39 is 34.2 Å². The third-order valence-electron chi connectivity index (χ3n) is 5.31. The first-order valence-corrected chi connectivity index (χ1v) is 9.59. The van der Waals surface area contributed by atoms with Crippen LogP contribution in [0.25, 0.3) is 5.76 Å². The first kappa shape index (κ1) is 21.0. The maximum atomic E-state index is 14.1. The number of hydrogen-bond acceptors (Lipinski definition) is 6. The zero-order valence-corrected chi connectivity index (χ0v) is 16.8. The normalized spacial score (nSPS) is 17.7. The summed E-state index contributed by atoms with van der Waals surface area (Å²) in [4.78, 5) is 37.4. The number of aliphatic hydroxyl groups is 1. The molecule has 0 unspecified atom stereocenters. The van der Waals surface area contributed by atoms with E-state index in [1.165, 1.54) is 47.6 Å². The summed E-state index contributed by atoms with van der Waals surface area (Å²) in [5.74, 6) is -2.53. The van der Waals surface area contributed by atoms with Crippen molar-refractivity contribution in [3.63, 3.8) is 0 Å². The van der Waals surface area contributed by atoms with Gasteiger partial charge in [-0.1, -0.05) is 12.1 Å². The molecule has 1 fully saturated rings. The van der Waals surface area contributed by atoms with Gasteiger partial charge in [0.05, 0.1) is 29.3 Å². The van der Waals surface area contributed by atoms with Gasteiger partial charge in [-0.2, -0.15) is 0 Å². The summed E-state index contributed by atoms with van der Waals surface area (Å²) in [6.07, 6.45) is 1.42. The van der Waals surface area contributed by atoms with Gasteiger partial charge in [0.1, 0.15) is 17.3 Å². The fourth-order valence-electron chi connectivity index (χ4n) is 3.63. The van der Waals surface area contributed by atoms with Gasteiger partial charge in [-0.05, 0) is 48.4 Å². The number of halogens is 1. The molecule has 2 heterocycles. The third-order valence-corrected chi connectivity index (χ3v) is 5.31. The van der Waals surface area contributed by atoms with Gasteiger partial charge >= 0.3 is 0 Å². The van der Waals surface area contributed by atoms with Crippen LogP contribution in [0.5, 0.6) is 0 Å². The minimum atomic E-state index is -1.05. The summed E-state index contributed by atoms with van der Waals surface area (Å²) in [5, 5.41) is 21.9. The Morgan fingerprint density at radius 3 is 2.50 bits per heavy atom. The molecule has 162 valence electrons. The largest absolute Gasteiger partial charge is 0.507 e. The van der Waals surface area contributed by atoms with Crippen LogP contribution < -0.4 is 0 Å². The summed E-state index contributed by atoms with van der Waals surface area (Å²) in [6.45, 7) is 1.48. The number of nitro benzene ring substituents is 1. The van der Waals surface area contributed by atoms with E-state index in [9.17, 15) is 29.2 Å². The number of hydrogen-bond donors (Lipinski definition) is 1. The second-order valence-corrected chi connectivity index (χ2v) is 7.32. The van der Waals surface area contributed by atoms with Crippen molar-refractivity contribution in [2.24, 2.45) is 0 Å². The number of carbonyl (C=O) groups is 2. The number of aryl methyl sites for hydroxylation is 1. The molecule has 9 heteroatoms. The molecule has 3 aromatic rings. The van der Waals surface area contributed by atoms with Gasteiger partial charge in [0.2, 0.25) is 0 Å². The predicted molar refractivity (Wildman–Crippen MR) is 111 cm³/mol. The summed E-state index contributed by atoms with van der Waals surface area (Å²) < 4.78 is 19.4. The lowest BCUT2D eigenvalue weighted by Gasteiger charge is -2.24. The van der Waals surface area contributed by atoms with Crippen LogP contribution in [-0.2, 0) is 16.1 Å². The summed E-state index contributed by atoms with van der Waals surface area (Å²) in [6, 6.07) is 11.5. The zero-order chi connectivity index (χ0) is 23.0. The summed E-state index contributed by atoms with van der Waals surface area (Å²) in [5.41, 5.74) is 0.356.